The summed E-state index contributed by atoms with van der Waals surface area (Å²) in [7, 11) is 0. The third-order valence-electron chi connectivity index (χ3n) is 2.27. The van der Waals surface area contributed by atoms with Gasteiger partial charge in [-0.3, -0.25) is 9.59 Å². The van der Waals surface area contributed by atoms with Gasteiger partial charge in [0.2, 0.25) is 0 Å². The number of aliphatic carboxylic acids is 1. The highest BCUT2D eigenvalue weighted by Gasteiger charge is 2.21. The minimum atomic E-state index is -0.989. The second-order valence-electron chi connectivity index (χ2n) is 4.54. The highest BCUT2D eigenvalue weighted by Crippen LogP contribution is 2.28. The summed E-state index contributed by atoms with van der Waals surface area (Å²) in [4.78, 5) is 25.0. The third kappa shape index (κ3) is 4.10. The van der Waals surface area contributed by atoms with Crippen molar-refractivity contribution in [3.63, 3.8) is 0 Å². The molecule has 100 valence electrons. The van der Waals surface area contributed by atoms with Gasteiger partial charge in [-0.2, -0.15) is 0 Å². The molecule has 4 nitrogen and oxygen atoms in total. The van der Waals surface area contributed by atoms with E-state index in [2.05, 4.69) is 15.9 Å². The van der Waals surface area contributed by atoms with E-state index in [1.807, 2.05) is 20.8 Å². The Labute approximate surface area is 119 Å². The lowest BCUT2D eigenvalue weighted by Crippen LogP contribution is -2.37. The zero-order valence-corrected chi connectivity index (χ0v) is 13.0. The number of nitrogens with zero attached hydrogens (tertiary/aromatic N) is 1. The lowest BCUT2D eigenvalue weighted by Gasteiger charge is -2.21. The Morgan fingerprint density at radius 3 is 2.50 bits per heavy atom. The van der Waals surface area contributed by atoms with Crippen LogP contribution in [-0.2, 0) is 4.79 Å². The predicted octanol–water partition coefficient (Wildman–Crippen LogP) is 3.00. The second-order valence-corrected chi connectivity index (χ2v) is 6.91. The molecule has 0 unspecified atom stereocenters. The van der Waals surface area contributed by atoms with Crippen LogP contribution in [0.3, 0.4) is 0 Å². The molecule has 1 aromatic heterocycles. The molecule has 1 amide bonds. The molecule has 0 saturated heterocycles. The van der Waals surface area contributed by atoms with Gasteiger partial charge in [0.15, 0.2) is 0 Å². The number of carbonyl (C=O) groups excluding carboxylic acids is 1. The quantitative estimate of drug-likeness (QED) is 0.901. The number of amides is 1. The Morgan fingerprint density at radius 2 is 2.11 bits per heavy atom. The summed E-state index contributed by atoms with van der Waals surface area (Å²) >= 11 is 4.70. The SMILES string of the molecule is Cc1cc(C(=O)N(CC(=O)O)CC(C)C)sc1Br. The van der Waals surface area contributed by atoms with Crippen molar-refractivity contribution in [1.29, 1.82) is 0 Å². The van der Waals surface area contributed by atoms with Gasteiger partial charge >= 0.3 is 5.97 Å². The maximum atomic E-state index is 12.2. The van der Waals surface area contributed by atoms with Crippen LogP contribution in [0.4, 0.5) is 0 Å². The van der Waals surface area contributed by atoms with Gasteiger partial charge in [-0.15, -0.1) is 11.3 Å². The van der Waals surface area contributed by atoms with Crippen molar-refractivity contribution in [2.24, 2.45) is 5.92 Å². The van der Waals surface area contributed by atoms with Crippen molar-refractivity contribution >= 4 is 39.1 Å². The van der Waals surface area contributed by atoms with Crippen LogP contribution >= 0.6 is 27.3 Å². The maximum absolute atomic E-state index is 12.2. The number of carboxylic acid groups (broad SMARTS) is 1. The Bertz CT molecular complexity index is 437. The molecule has 6 heteroatoms. The fourth-order valence-electron chi connectivity index (χ4n) is 1.54. The number of aryl methyl sites for hydroxylation is 1. The van der Waals surface area contributed by atoms with Gasteiger partial charge in [0, 0.05) is 6.54 Å². The zero-order valence-electron chi connectivity index (χ0n) is 10.6. The number of carbonyl (C=O) groups is 2. The van der Waals surface area contributed by atoms with E-state index in [4.69, 9.17) is 5.11 Å². The molecule has 0 radical (unpaired) electrons. The summed E-state index contributed by atoms with van der Waals surface area (Å²) in [5, 5.41) is 8.85. The van der Waals surface area contributed by atoms with Crippen molar-refractivity contribution in [2.45, 2.75) is 20.8 Å². The molecule has 0 aliphatic heterocycles. The van der Waals surface area contributed by atoms with E-state index in [-0.39, 0.29) is 18.4 Å². The molecule has 0 bridgehead atoms. The van der Waals surface area contributed by atoms with Crippen LogP contribution in [0.1, 0.15) is 29.1 Å². The Kier molecular flexibility index (Phi) is 5.34. The van der Waals surface area contributed by atoms with Crippen LogP contribution in [-0.4, -0.2) is 35.0 Å². The minimum absolute atomic E-state index is 0.218. The maximum Gasteiger partial charge on any atom is 0.323 e. The largest absolute Gasteiger partial charge is 0.480 e. The molecular formula is C12H16BrNO3S. The predicted molar refractivity (Wildman–Crippen MR) is 75.1 cm³/mol. The van der Waals surface area contributed by atoms with Gasteiger partial charge in [-0.1, -0.05) is 13.8 Å². The first-order chi connectivity index (χ1) is 8.31. The van der Waals surface area contributed by atoms with Crippen LogP contribution in [0.25, 0.3) is 0 Å². The first-order valence-corrected chi connectivity index (χ1v) is 7.19. The molecule has 0 fully saturated rings. The topological polar surface area (TPSA) is 57.6 Å². The third-order valence-corrected chi connectivity index (χ3v) is 4.39. The van der Waals surface area contributed by atoms with E-state index in [9.17, 15) is 9.59 Å². The zero-order chi connectivity index (χ0) is 13.9. The van der Waals surface area contributed by atoms with Gasteiger partial charge in [0.05, 0.1) is 8.66 Å². The Morgan fingerprint density at radius 1 is 1.50 bits per heavy atom. The molecule has 0 aromatic carbocycles. The average Bonchev–Trinajstić information content (AvgIpc) is 2.56. The van der Waals surface area contributed by atoms with Gasteiger partial charge in [0.25, 0.3) is 5.91 Å². The van der Waals surface area contributed by atoms with E-state index in [0.29, 0.717) is 11.4 Å². The molecule has 1 rings (SSSR count). The average molecular weight is 334 g/mol. The Balaban J connectivity index is 2.90. The number of halogens is 1. The molecule has 0 aliphatic rings. The van der Waals surface area contributed by atoms with E-state index >= 15 is 0 Å². The molecule has 1 N–H and O–H groups in total. The lowest BCUT2D eigenvalue weighted by molar-refractivity contribution is -0.137. The molecule has 0 saturated carbocycles. The minimum Gasteiger partial charge on any atom is -0.480 e. The second kappa shape index (κ2) is 6.33. The van der Waals surface area contributed by atoms with Crippen molar-refractivity contribution in [3.05, 3.63) is 20.3 Å². The van der Waals surface area contributed by atoms with Gasteiger partial charge in [-0.25, -0.2) is 0 Å². The van der Waals surface area contributed by atoms with Crippen molar-refractivity contribution in [2.75, 3.05) is 13.1 Å². The van der Waals surface area contributed by atoms with Crippen molar-refractivity contribution in [1.82, 2.24) is 4.90 Å². The van der Waals surface area contributed by atoms with Gasteiger partial charge in [-0.05, 0) is 40.4 Å². The van der Waals surface area contributed by atoms with Crippen molar-refractivity contribution in [3.8, 4) is 0 Å². The van der Waals surface area contributed by atoms with E-state index in [1.165, 1.54) is 16.2 Å². The number of rotatable bonds is 5. The summed E-state index contributed by atoms with van der Waals surface area (Å²) in [6, 6.07) is 1.78. The summed E-state index contributed by atoms with van der Waals surface area (Å²) in [5.41, 5.74) is 0.989. The van der Waals surface area contributed by atoms with Gasteiger partial charge in [0.1, 0.15) is 6.54 Å². The fraction of sp³-hybridized carbons (Fsp3) is 0.500. The number of carboxylic acids is 1. The molecule has 1 aromatic rings. The van der Waals surface area contributed by atoms with E-state index < -0.39 is 5.97 Å². The first kappa shape index (κ1) is 15.2. The van der Waals surface area contributed by atoms with Gasteiger partial charge < -0.3 is 10.0 Å². The summed E-state index contributed by atoms with van der Waals surface area (Å²) < 4.78 is 0.908. The molecular weight excluding hydrogens is 318 g/mol. The lowest BCUT2D eigenvalue weighted by atomic mass is 10.2. The summed E-state index contributed by atoms with van der Waals surface area (Å²) in [6.45, 7) is 6.00. The van der Waals surface area contributed by atoms with E-state index in [0.717, 1.165) is 9.35 Å². The summed E-state index contributed by atoms with van der Waals surface area (Å²) in [5.74, 6) is -0.973. The van der Waals surface area contributed by atoms with Crippen LogP contribution in [0.2, 0.25) is 0 Å². The first-order valence-electron chi connectivity index (χ1n) is 5.58. The molecule has 0 aliphatic carbocycles. The number of thiophene rings is 1. The van der Waals surface area contributed by atoms with E-state index in [1.54, 1.807) is 6.07 Å². The number of hydrogen-bond acceptors (Lipinski definition) is 3. The van der Waals surface area contributed by atoms with Crippen LogP contribution in [0.5, 0.6) is 0 Å². The highest BCUT2D eigenvalue weighted by atomic mass is 79.9. The van der Waals surface area contributed by atoms with Crippen LogP contribution in [0, 0.1) is 12.8 Å². The molecule has 1 heterocycles. The molecule has 0 spiro atoms. The Hall–Kier alpha value is -0.880. The van der Waals surface area contributed by atoms with Crippen molar-refractivity contribution < 1.29 is 14.7 Å². The molecule has 18 heavy (non-hydrogen) atoms. The molecule has 0 atom stereocenters. The summed E-state index contributed by atoms with van der Waals surface area (Å²) in [6.07, 6.45) is 0. The smallest absolute Gasteiger partial charge is 0.323 e. The highest BCUT2D eigenvalue weighted by molar-refractivity contribution is 9.11. The number of hydrogen-bond donors (Lipinski definition) is 1. The standard InChI is InChI=1S/C12H16BrNO3S/c1-7(2)5-14(6-10(15)16)12(17)9-4-8(3)11(13)18-9/h4,7H,5-6H2,1-3H3,(H,15,16). The fourth-order valence-corrected chi connectivity index (χ4v) is 3.05. The van der Waals surface area contributed by atoms with Crippen LogP contribution < -0.4 is 0 Å². The van der Waals surface area contributed by atoms with Crippen LogP contribution in [0.15, 0.2) is 9.85 Å². The normalized spacial score (nSPS) is 10.7. The monoisotopic (exact) mass is 333 g/mol.